The Labute approximate surface area is 168 Å². The number of carboxylic acids is 1. The fraction of sp³-hybridized carbons (Fsp3) is 0.263. The Balaban J connectivity index is 1.91. The van der Waals surface area contributed by atoms with Crippen molar-refractivity contribution in [1.29, 1.82) is 0 Å². The van der Waals surface area contributed by atoms with E-state index in [1.54, 1.807) is 18.2 Å². The number of halogens is 1. The third-order valence-electron chi connectivity index (χ3n) is 3.93. The second-order valence-electron chi connectivity index (χ2n) is 6.23. The molecule has 3 N–H and O–H groups in total. The predicted octanol–water partition coefficient (Wildman–Crippen LogP) is 1.99. The third-order valence-corrected chi connectivity index (χ3v) is 5.66. The number of benzene rings is 2. The maximum atomic E-state index is 12.2. The molecule has 1 atom stereocenters. The maximum Gasteiger partial charge on any atom is 0.325 e. The molecular weight excluding hydrogens is 404 g/mol. The van der Waals surface area contributed by atoms with E-state index in [1.807, 2.05) is 6.07 Å². The van der Waals surface area contributed by atoms with Crippen molar-refractivity contribution in [2.45, 2.75) is 30.7 Å². The number of sulfonamides is 1. The van der Waals surface area contributed by atoms with Gasteiger partial charge in [0.05, 0.1) is 11.3 Å². The van der Waals surface area contributed by atoms with Crippen LogP contribution >= 0.6 is 11.6 Å². The molecular formula is C19H21ClN2O5S. The van der Waals surface area contributed by atoms with Crippen LogP contribution in [0.15, 0.2) is 53.4 Å². The molecule has 0 aliphatic carbocycles. The molecule has 2 aromatic carbocycles. The molecule has 2 rings (SSSR count). The molecule has 0 heterocycles. The Morgan fingerprint density at radius 1 is 1.11 bits per heavy atom. The van der Waals surface area contributed by atoms with Gasteiger partial charge in [-0.2, -0.15) is 0 Å². The number of hydrogen-bond donors (Lipinski definition) is 3. The van der Waals surface area contributed by atoms with Crippen molar-refractivity contribution in [3.8, 4) is 0 Å². The molecule has 0 aliphatic rings. The zero-order valence-electron chi connectivity index (χ0n) is 15.2. The first-order valence-corrected chi connectivity index (χ1v) is 10.4. The van der Waals surface area contributed by atoms with Crippen LogP contribution < -0.4 is 10.0 Å². The zero-order chi connectivity index (χ0) is 20.7. The van der Waals surface area contributed by atoms with E-state index in [4.69, 9.17) is 16.7 Å². The highest BCUT2D eigenvalue weighted by atomic mass is 35.5. The van der Waals surface area contributed by atoms with Crippen LogP contribution in [-0.4, -0.2) is 38.0 Å². The van der Waals surface area contributed by atoms with Gasteiger partial charge in [-0.3, -0.25) is 9.59 Å². The zero-order valence-corrected chi connectivity index (χ0v) is 16.8. The summed E-state index contributed by atoms with van der Waals surface area (Å²) in [4.78, 5) is 22.8. The SMILES string of the molecule is C[C@H](NC(=O)Cc1cccc(CCNS(=O)(=O)c2ccc(Cl)cc2)c1)C(=O)O. The van der Waals surface area contributed by atoms with Crippen molar-refractivity contribution in [2.75, 3.05) is 6.54 Å². The van der Waals surface area contributed by atoms with E-state index in [9.17, 15) is 18.0 Å². The molecule has 0 unspecified atom stereocenters. The van der Waals surface area contributed by atoms with E-state index in [1.165, 1.54) is 31.2 Å². The fourth-order valence-electron chi connectivity index (χ4n) is 2.46. The van der Waals surface area contributed by atoms with Crippen LogP contribution in [-0.2, 0) is 32.5 Å². The summed E-state index contributed by atoms with van der Waals surface area (Å²) < 4.78 is 27.0. The van der Waals surface area contributed by atoms with Gasteiger partial charge in [0.25, 0.3) is 0 Å². The summed E-state index contributed by atoms with van der Waals surface area (Å²) in [6.45, 7) is 1.58. The molecule has 0 bridgehead atoms. The van der Waals surface area contributed by atoms with Gasteiger partial charge in [0, 0.05) is 11.6 Å². The molecule has 0 aromatic heterocycles. The summed E-state index contributed by atoms with van der Waals surface area (Å²) in [6, 6.07) is 12.1. The lowest BCUT2D eigenvalue weighted by Gasteiger charge is -2.10. The molecule has 1 amide bonds. The quantitative estimate of drug-likeness (QED) is 0.569. The second kappa shape index (κ2) is 9.68. The van der Waals surface area contributed by atoms with Gasteiger partial charge < -0.3 is 10.4 Å². The minimum absolute atomic E-state index is 0.0436. The number of carbonyl (C=O) groups excluding carboxylic acids is 1. The van der Waals surface area contributed by atoms with Gasteiger partial charge in [-0.05, 0) is 48.7 Å². The Kier molecular flexibility index (Phi) is 7.56. The highest BCUT2D eigenvalue weighted by molar-refractivity contribution is 7.89. The Hall–Kier alpha value is -2.42. The fourth-order valence-corrected chi connectivity index (χ4v) is 3.62. The number of aliphatic carboxylic acids is 1. The predicted molar refractivity (Wildman–Crippen MR) is 106 cm³/mol. The van der Waals surface area contributed by atoms with E-state index in [0.717, 1.165) is 5.56 Å². The lowest BCUT2D eigenvalue weighted by Crippen LogP contribution is -2.39. The molecule has 0 spiro atoms. The molecule has 28 heavy (non-hydrogen) atoms. The minimum Gasteiger partial charge on any atom is -0.480 e. The lowest BCUT2D eigenvalue weighted by atomic mass is 10.1. The summed E-state index contributed by atoms with van der Waals surface area (Å²) in [5.41, 5.74) is 1.57. The molecule has 0 aliphatic heterocycles. The van der Waals surface area contributed by atoms with Gasteiger partial charge in [-0.15, -0.1) is 0 Å². The first kappa shape index (κ1) is 21.9. The van der Waals surface area contributed by atoms with Gasteiger partial charge in [0.2, 0.25) is 15.9 Å². The standard InChI is InChI=1S/C19H21ClN2O5S/c1-13(19(24)25)22-18(23)12-15-4-2-3-14(11-15)9-10-21-28(26,27)17-7-5-16(20)6-8-17/h2-8,11,13,21H,9-10,12H2,1H3,(H,22,23)(H,24,25)/t13-/m0/s1. The number of rotatable bonds is 9. The second-order valence-corrected chi connectivity index (χ2v) is 8.43. The van der Waals surface area contributed by atoms with Gasteiger partial charge in [-0.25, -0.2) is 13.1 Å². The average Bonchev–Trinajstić information content (AvgIpc) is 2.62. The van der Waals surface area contributed by atoms with E-state index in [0.29, 0.717) is 17.0 Å². The Morgan fingerprint density at radius 3 is 2.39 bits per heavy atom. The molecule has 2 aromatic rings. The summed E-state index contributed by atoms with van der Waals surface area (Å²) in [5.74, 6) is -1.49. The summed E-state index contributed by atoms with van der Waals surface area (Å²) >= 11 is 5.77. The highest BCUT2D eigenvalue weighted by Gasteiger charge is 2.15. The topological polar surface area (TPSA) is 113 Å². The van der Waals surface area contributed by atoms with Crippen LogP contribution in [0.5, 0.6) is 0 Å². The summed E-state index contributed by atoms with van der Waals surface area (Å²) in [5, 5.41) is 11.7. The molecule has 7 nitrogen and oxygen atoms in total. The molecule has 9 heteroatoms. The average molecular weight is 425 g/mol. The van der Waals surface area contributed by atoms with Gasteiger partial charge >= 0.3 is 5.97 Å². The van der Waals surface area contributed by atoms with Gasteiger partial charge in [0.1, 0.15) is 6.04 Å². The van der Waals surface area contributed by atoms with Gasteiger partial charge in [0.15, 0.2) is 0 Å². The van der Waals surface area contributed by atoms with E-state index in [2.05, 4.69) is 10.0 Å². The lowest BCUT2D eigenvalue weighted by molar-refractivity contribution is -0.141. The monoisotopic (exact) mass is 424 g/mol. The molecule has 0 saturated heterocycles. The number of hydrogen-bond acceptors (Lipinski definition) is 4. The van der Waals surface area contributed by atoms with E-state index >= 15 is 0 Å². The third kappa shape index (κ3) is 6.63. The number of carbonyl (C=O) groups is 2. The molecule has 0 saturated carbocycles. The van der Waals surface area contributed by atoms with Crippen molar-refractivity contribution in [3.05, 3.63) is 64.7 Å². The maximum absolute atomic E-state index is 12.2. The van der Waals surface area contributed by atoms with Crippen LogP contribution in [0.25, 0.3) is 0 Å². The highest BCUT2D eigenvalue weighted by Crippen LogP contribution is 2.14. The van der Waals surface area contributed by atoms with Crippen LogP contribution in [0.1, 0.15) is 18.1 Å². The molecule has 0 fully saturated rings. The Bertz CT molecular complexity index is 945. The molecule has 0 radical (unpaired) electrons. The number of nitrogens with one attached hydrogen (secondary N) is 2. The van der Waals surface area contributed by atoms with Crippen LogP contribution in [0, 0.1) is 0 Å². The summed E-state index contributed by atoms with van der Waals surface area (Å²) in [6.07, 6.45) is 0.482. The van der Waals surface area contributed by atoms with Crippen molar-refractivity contribution >= 4 is 33.5 Å². The largest absolute Gasteiger partial charge is 0.480 e. The normalized spacial score (nSPS) is 12.4. The van der Waals surface area contributed by atoms with E-state index < -0.39 is 27.9 Å². The first-order chi connectivity index (χ1) is 13.2. The summed E-state index contributed by atoms with van der Waals surface area (Å²) in [7, 11) is -3.63. The Morgan fingerprint density at radius 2 is 1.75 bits per heavy atom. The van der Waals surface area contributed by atoms with Crippen molar-refractivity contribution in [1.82, 2.24) is 10.0 Å². The minimum atomic E-state index is -3.63. The van der Waals surface area contributed by atoms with Crippen molar-refractivity contribution in [3.63, 3.8) is 0 Å². The smallest absolute Gasteiger partial charge is 0.325 e. The number of amides is 1. The van der Waals surface area contributed by atoms with Crippen LogP contribution in [0.3, 0.4) is 0 Å². The van der Waals surface area contributed by atoms with Gasteiger partial charge in [-0.1, -0.05) is 35.9 Å². The molecule has 150 valence electrons. The van der Waals surface area contributed by atoms with Crippen LogP contribution in [0.2, 0.25) is 5.02 Å². The van der Waals surface area contributed by atoms with E-state index in [-0.39, 0.29) is 17.9 Å². The van der Waals surface area contributed by atoms with Crippen molar-refractivity contribution < 1.29 is 23.1 Å². The number of carboxylic acid groups (broad SMARTS) is 1. The first-order valence-electron chi connectivity index (χ1n) is 8.52. The van der Waals surface area contributed by atoms with Crippen molar-refractivity contribution in [2.24, 2.45) is 0 Å². The van der Waals surface area contributed by atoms with Crippen LogP contribution in [0.4, 0.5) is 0 Å².